The summed E-state index contributed by atoms with van der Waals surface area (Å²) in [7, 11) is 0. The van der Waals surface area contributed by atoms with E-state index in [0.29, 0.717) is 46.4 Å². The number of imidazole rings is 2. The minimum Gasteiger partial charge on any atom is -0.344 e. The molecule has 200 valence electrons. The Labute approximate surface area is 228 Å². The van der Waals surface area contributed by atoms with Gasteiger partial charge in [-0.2, -0.15) is 5.10 Å². The first-order chi connectivity index (χ1) is 19.6. The summed E-state index contributed by atoms with van der Waals surface area (Å²) in [6.45, 7) is 3.87. The zero-order valence-corrected chi connectivity index (χ0v) is 21.8. The average Bonchev–Trinajstić information content (AvgIpc) is 3.71. The van der Waals surface area contributed by atoms with Gasteiger partial charge in [0.2, 0.25) is 5.91 Å². The van der Waals surface area contributed by atoms with Gasteiger partial charge in [-0.05, 0) is 57.0 Å². The molecule has 0 unspecified atom stereocenters. The van der Waals surface area contributed by atoms with Crippen molar-refractivity contribution in [2.75, 3.05) is 18.4 Å². The van der Waals surface area contributed by atoms with Gasteiger partial charge in [0.15, 0.2) is 17.1 Å². The number of nitrogens with one attached hydrogen (secondary N) is 5. The van der Waals surface area contributed by atoms with Crippen molar-refractivity contribution in [3.63, 3.8) is 0 Å². The number of aryl methyl sites for hydroxylation is 1. The van der Waals surface area contributed by atoms with Crippen LogP contribution in [0.3, 0.4) is 0 Å². The van der Waals surface area contributed by atoms with Crippen LogP contribution in [0, 0.1) is 12.8 Å². The maximum Gasteiger partial charge on any atom is 0.224 e. The van der Waals surface area contributed by atoms with E-state index < -0.39 is 0 Å². The zero-order valence-electron chi connectivity index (χ0n) is 21.8. The van der Waals surface area contributed by atoms with Crippen LogP contribution in [-0.2, 0) is 4.79 Å². The highest BCUT2D eigenvalue weighted by Gasteiger charge is 2.19. The summed E-state index contributed by atoms with van der Waals surface area (Å²) in [6.07, 6.45) is 11.3. The predicted molar refractivity (Wildman–Crippen MR) is 151 cm³/mol. The summed E-state index contributed by atoms with van der Waals surface area (Å²) in [5.74, 6) is 1.73. The van der Waals surface area contributed by atoms with E-state index in [9.17, 15) is 4.79 Å². The Morgan fingerprint density at radius 1 is 1.02 bits per heavy atom. The van der Waals surface area contributed by atoms with Crippen molar-refractivity contribution in [3.8, 4) is 34.0 Å². The van der Waals surface area contributed by atoms with E-state index in [0.717, 1.165) is 59.5 Å². The number of H-pyrrole nitrogens is 3. The molecule has 7 rings (SSSR count). The average molecular weight is 534 g/mol. The van der Waals surface area contributed by atoms with Crippen LogP contribution in [0.5, 0.6) is 0 Å². The second kappa shape index (κ2) is 9.97. The first-order valence-electron chi connectivity index (χ1n) is 13.3. The molecule has 0 aromatic carbocycles. The molecule has 5 N–H and O–H groups in total. The number of aromatic amines is 3. The molecule has 6 aromatic heterocycles. The Morgan fingerprint density at radius 2 is 1.90 bits per heavy atom. The number of carbonyl (C=O) groups is 1. The van der Waals surface area contributed by atoms with Gasteiger partial charge in [-0.1, -0.05) is 0 Å². The van der Waals surface area contributed by atoms with Gasteiger partial charge in [0.25, 0.3) is 0 Å². The molecule has 6 aromatic rings. The summed E-state index contributed by atoms with van der Waals surface area (Å²) < 4.78 is 0. The van der Waals surface area contributed by atoms with Crippen molar-refractivity contribution < 1.29 is 4.79 Å². The van der Waals surface area contributed by atoms with Crippen molar-refractivity contribution in [1.29, 1.82) is 0 Å². The van der Waals surface area contributed by atoms with Crippen LogP contribution in [0.1, 0.15) is 25.0 Å². The number of aromatic nitrogens is 9. The molecule has 12 heteroatoms. The standard InChI is InChI=1S/C28H27N11O/c1-15-11-32-25(34-15)20-4-7-31-27-23(20)36-28(37-27)24-21-10-18(13-33-26(21)39-38-24)17-9-19(14-30-12-17)35-22(40)8-16-2-5-29-6-3-16/h4,7,9-14,16,29H,2-3,5-6,8H2,1H3,(H,32,34)(H,35,40)(H,31,36,37)(H,33,38,39). The number of rotatable bonds is 6. The van der Waals surface area contributed by atoms with Gasteiger partial charge in [0, 0.05) is 47.9 Å². The first-order valence-corrected chi connectivity index (χ1v) is 13.3. The molecular weight excluding hydrogens is 506 g/mol. The highest BCUT2D eigenvalue weighted by atomic mass is 16.1. The molecule has 1 amide bonds. The van der Waals surface area contributed by atoms with Crippen LogP contribution in [0.15, 0.2) is 49.2 Å². The van der Waals surface area contributed by atoms with E-state index in [-0.39, 0.29) is 5.91 Å². The topological polar surface area (TPSA) is 166 Å². The molecule has 0 radical (unpaired) electrons. The lowest BCUT2D eigenvalue weighted by Crippen LogP contribution is -2.30. The molecule has 0 atom stereocenters. The quantitative estimate of drug-likeness (QED) is 0.214. The Kier molecular flexibility index (Phi) is 6.00. The Balaban J connectivity index is 1.19. The van der Waals surface area contributed by atoms with Gasteiger partial charge >= 0.3 is 0 Å². The van der Waals surface area contributed by atoms with E-state index >= 15 is 0 Å². The number of hydrogen-bond donors (Lipinski definition) is 5. The van der Waals surface area contributed by atoms with E-state index in [1.165, 1.54) is 0 Å². The van der Waals surface area contributed by atoms with Crippen LogP contribution < -0.4 is 10.6 Å². The number of carbonyl (C=O) groups excluding carboxylic acids is 1. The van der Waals surface area contributed by atoms with Crippen molar-refractivity contribution in [1.82, 2.24) is 50.4 Å². The number of piperidine rings is 1. The fraction of sp³-hybridized carbons (Fsp3) is 0.250. The lowest BCUT2D eigenvalue weighted by Gasteiger charge is -2.21. The highest BCUT2D eigenvalue weighted by Crippen LogP contribution is 2.31. The van der Waals surface area contributed by atoms with Crippen molar-refractivity contribution in [3.05, 3.63) is 54.9 Å². The molecule has 1 saturated heterocycles. The van der Waals surface area contributed by atoms with Crippen molar-refractivity contribution in [2.24, 2.45) is 5.92 Å². The normalized spacial score (nSPS) is 14.2. The van der Waals surface area contributed by atoms with Gasteiger partial charge in [0.05, 0.1) is 23.0 Å². The number of nitrogens with zero attached hydrogens (tertiary/aromatic N) is 6. The maximum absolute atomic E-state index is 12.7. The molecule has 1 aliphatic rings. The fourth-order valence-corrected chi connectivity index (χ4v) is 5.23. The largest absolute Gasteiger partial charge is 0.344 e. The summed E-state index contributed by atoms with van der Waals surface area (Å²) in [5.41, 5.74) is 6.69. The summed E-state index contributed by atoms with van der Waals surface area (Å²) in [6, 6.07) is 5.80. The number of pyridine rings is 3. The van der Waals surface area contributed by atoms with Crippen molar-refractivity contribution in [2.45, 2.75) is 26.2 Å². The van der Waals surface area contributed by atoms with Crippen LogP contribution in [0.4, 0.5) is 5.69 Å². The molecular formula is C28H27N11O. The number of hydrogen-bond acceptors (Lipinski definition) is 8. The molecule has 0 bridgehead atoms. The van der Waals surface area contributed by atoms with Gasteiger partial charge in [-0.3, -0.25) is 14.9 Å². The smallest absolute Gasteiger partial charge is 0.224 e. The van der Waals surface area contributed by atoms with Crippen molar-refractivity contribution >= 4 is 33.8 Å². The minimum absolute atomic E-state index is 0.0131. The third-order valence-electron chi connectivity index (χ3n) is 7.27. The molecule has 0 saturated carbocycles. The third kappa shape index (κ3) is 4.58. The summed E-state index contributed by atoms with van der Waals surface area (Å²) in [4.78, 5) is 41.9. The third-order valence-corrected chi connectivity index (χ3v) is 7.27. The Morgan fingerprint density at radius 3 is 2.75 bits per heavy atom. The SMILES string of the molecule is Cc1c[nH]c(-c2ccnc3[nH]c(-c4n[nH]c5ncc(-c6cncc(NC(=O)CC7CCNCC7)c6)cc45)nc23)n1. The molecule has 0 aliphatic carbocycles. The van der Waals surface area contributed by atoms with Gasteiger partial charge in [-0.15, -0.1) is 0 Å². The van der Waals surface area contributed by atoms with Gasteiger partial charge in [-0.25, -0.2) is 19.9 Å². The van der Waals surface area contributed by atoms with E-state index in [1.54, 1.807) is 24.8 Å². The molecule has 1 fully saturated rings. The van der Waals surface area contributed by atoms with E-state index in [4.69, 9.17) is 4.98 Å². The summed E-state index contributed by atoms with van der Waals surface area (Å²) in [5, 5.41) is 14.7. The molecule has 40 heavy (non-hydrogen) atoms. The molecule has 12 nitrogen and oxygen atoms in total. The first kappa shape index (κ1) is 24.1. The molecule has 7 heterocycles. The Hall–Kier alpha value is -4.97. The lowest BCUT2D eigenvalue weighted by atomic mass is 9.94. The molecule has 0 spiro atoms. The predicted octanol–water partition coefficient (Wildman–Crippen LogP) is 3.98. The maximum atomic E-state index is 12.7. The minimum atomic E-state index is 0.0131. The second-order valence-electron chi connectivity index (χ2n) is 10.1. The van der Waals surface area contributed by atoms with Crippen LogP contribution in [-0.4, -0.2) is 64.1 Å². The fourth-order valence-electron chi connectivity index (χ4n) is 5.23. The van der Waals surface area contributed by atoms with Crippen LogP contribution >= 0.6 is 0 Å². The van der Waals surface area contributed by atoms with Crippen LogP contribution in [0.2, 0.25) is 0 Å². The number of amides is 1. The van der Waals surface area contributed by atoms with E-state index in [1.807, 2.05) is 31.3 Å². The van der Waals surface area contributed by atoms with Gasteiger partial charge < -0.3 is 20.6 Å². The number of fused-ring (bicyclic) bond motifs is 2. The summed E-state index contributed by atoms with van der Waals surface area (Å²) >= 11 is 0. The zero-order chi connectivity index (χ0) is 27.1. The van der Waals surface area contributed by atoms with Gasteiger partial charge in [0.1, 0.15) is 17.0 Å². The van der Waals surface area contributed by atoms with E-state index in [2.05, 4.69) is 50.7 Å². The molecule has 1 aliphatic heterocycles. The lowest BCUT2D eigenvalue weighted by molar-refractivity contribution is -0.117. The monoisotopic (exact) mass is 533 g/mol. The Bertz CT molecular complexity index is 1840. The second-order valence-corrected chi connectivity index (χ2v) is 10.1. The number of anilines is 1. The van der Waals surface area contributed by atoms with Crippen LogP contribution in [0.25, 0.3) is 56.2 Å². The highest BCUT2D eigenvalue weighted by molar-refractivity contribution is 5.96.